The SMILES string of the molecule is Cn1cc(S(=O)(=O)NCC(=O)OCC(=O)OC(C)(C)C)cn1. The van der Waals surface area contributed by atoms with Gasteiger partial charge in [0.05, 0.1) is 6.20 Å². The van der Waals surface area contributed by atoms with Crippen LogP contribution in [0.15, 0.2) is 17.3 Å². The van der Waals surface area contributed by atoms with Crippen LogP contribution in [0.3, 0.4) is 0 Å². The van der Waals surface area contributed by atoms with E-state index >= 15 is 0 Å². The molecule has 1 heterocycles. The van der Waals surface area contributed by atoms with Crippen molar-refractivity contribution in [1.29, 1.82) is 0 Å². The Morgan fingerprint density at radius 2 is 1.95 bits per heavy atom. The van der Waals surface area contributed by atoms with Gasteiger partial charge in [0.25, 0.3) is 0 Å². The van der Waals surface area contributed by atoms with Crippen molar-refractivity contribution in [2.75, 3.05) is 13.2 Å². The quantitative estimate of drug-likeness (QED) is 0.703. The third-order valence-corrected chi connectivity index (χ3v) is 3.52. The number of aromatic nitrogens is 2. The first-order valence-corrected chi connectivity index (χ1v) is 7.84. The third-order valence-electron chi connectivity index (χ3n) is 2.17. The highest BCUT2D eigenvalue weighted by atomic mass is 32.2. The van der Waals surface area contributed by atoms with Gasteiger partial charge in [0.15, 0.2) is 6.61 Å². The largest absolute Gasteiger partial charge is 0.457 e. The predicted molar refractivity (Wildman–Crippen MR) is 75.2 cm³/mol. The summed E-state index contributed by atoms with van der Waals surface area (Å²) >= 11 is 0. The number of hydrogen-bond acceptors (Lipinski definition) is 7. The maximum atomic E-state index is 11.8. The molecular weight excluding hydrogens is 314 g/mol. The normalized spacial score (nSPS) is 12.0. The molecule has 22 heavy (non-hydrogen) atoms. The Bertz CT molecular complexity index is 644. The van der Waals surface area contributed by atoms with Crippen molar-refractivity contribution in [3.05, 3.63) is 12.4 Å². The summed E-state index contributed by atoms with van der Waals surface area (Å²) in [6.07, 6.45) is 2.43. The fourth-order valence-electron chi connectivity index (χ4n) is 1.34. The maximum Gasteiger partial charge on any atom is 0.344 e. The summed E-state index contributed by atoms with van der Waals surface area (Å²) < 4.78 is 36.6. The number of sulfonamides is 1. The van der Waals surface area contributed by atoms with E-state index in [9.17, 15) is 18.0 Å². The Kier molecular flexibility index (Phi) is 5.66. The van der Waals surface area contributed by atoms with Crippen molar-refractivity contribution in [1.82, 2.24) is 14.5 Å². The van der Waals surface area contributed by atoms with Gasteiger partial charge in [-0.3, -0.25) is 9.48 Å². The van der Waals surface area contributed by atoms with Crippen molar-refractivity contribution in [3.63, 3.8) is 0 Å². The van der Waals surface area contributed by atoms with E-state index in [-0.39, 0.29) is 4.90 Å². The van der Waals surface area contributed by atoms with E-state index in [1.54, 1.807) is 27.8 Å². The van der Waals surface area contributed by atoms with Crippen LogP contribution in [0, 0.1) is 0 Å². The molecule has 0 spiro atoms. The van der Waals surface area contributed by atoms with Gasteiger partial charge in [-0.2, -0.15) is 9.82 Å². The average molecular weight is 333 g/mol. The molecule has 1 N–H and O–H groups in total. The molecule has 0 aliphatic carbocycles. The van der Waals surface area contributed by atoms with Crippen molar-refractivity contribution in [3.8, 4) is 0 Å². The summed E-state index contributed by atoms with van der Waals surface area (Å²) in [5.41, 5.74) is -0.689. The number of esters is 2. The molecule has 0 saturated heterocycles. The summed E-state index contributed by atoms with van der Waals surface area (Å²) in [6.45, 7) is 3.85. The number of nitrogens with zero attached hydrogens (tertiary/aromatic N) is 2. The van der Waals surface area contributed by atoms with Gasteiger partial charge in [0.1, 0.15) is 17.0 Å². The van der Waals surface area contributed by atoms with E-state index in [1.165, 1.54) is 10.9 Å². The van der Waals surface area contributed by atoms with E-state index < -0.39 is 40.7 Å². The van der Waals surface area contributed by atoms with Crippen LogP contribution in [0.25, 0.3) is 0 Å². The van der Waals surface area contributed by atoms with Crippen LogP contribution in [0.5, 0.6) is 0 Å². The zero-order valence-corrected chi connectivity index (χ0v) is 13.6. The number of nitrogens with one attached hydrogen (secondary N) is 1. The zero-order chi connectivity index (χ0) is 17.0. The molecule has 0 radical (unpaired) electrons. The summed E-state index contributed by atoms with van der Waals surface area (Å²) in [4.78, 5) is 22.7. The number of carbonyl (C=O) groups is 2. The molecule has 0 unspecified atom stereocenters. The molecule has 124 valence electrons. The smallest absolute Gasteiger partial charge is 0.344 e. The summed E-state index contributed by atoms with van der Waals surface area (Å²) in [7, 11) is -2.29. The average Bonchev–Trinajstić information content (AvgIpc) is 2.79. The lowest BCUT2D eigenvalue weighted by Gasteiger charge is -2.19. The molecule has 0 bridgehead atoms. The van der Waals surface area contributed by atoms with Gasteiger partial charge in [0.2, 0.25) is 10.0 Å². The van der Waals surface area contributed by atoms with Gasteiger partial charge in [0, 0.05) is 13.2 Å². The van der Waals surface area contributed by atoms with Gasteiger partial charge in [-0.1, -0.05) is 0 Å². The topological polar surface area (TPSA) is 117 Å². The highest BCUT2D eigenvalue weighted by molar-refractivity contribution is 7.89. The number of hydrogen-bond donors (Lipinski definition) is 1. The second-order valence-corrected chi connectivity index (χ2v) is 7.19. The highest BCUT2D eigenvalue weighted by Gasteiger charge is 2.20. The zero-order valence-electron chi connectivity index (χ0n) is 12.8. The van der Waals surface area contributed by atoms with Gasteiger partial charge >= 0.3 is 11.9 Å². The summed E-state index contributed by atoms with van der Waals surface area (Å²) in [5, 5.41) is 3.72. The second kappa shape index (κ2) is 6.88. The highest BCUT2D eigenvalue weighted by Crippen LogP contribution is 2.07. The molecular formula is C12H19N3O6S. The Hall–Kier alpha value is -1.94. The minimum absolute atomic E-state index is 0.0741. The fourth-order valence-corrected chi connectivity index (χ4v) is 2.29. The molecule has 1 aromatic rings. The first-order valence-electron chi connectivity index (χ1n) is 6.35. The van der Waals surface area contributed by atoms with E-state index in [1.807, 2.05) is 0 Å². The molecule has 0 aliphatic rings. The predicted octanol–water partition coefficient (Wildman–Crippen LogP) is -0.417. The van der Waals surface area contributed by atoms with Crippen LogP contribution >= 0.6 is 0 Å². The van der Waals surface area contributed by atoms with Crippen LogP contribution in [0.1, 0.15) is 20.8 Å². The third kappa shape index (κ3) is 6.22. The molecule has 0 amide bonds. The van der Waals surface area contributed by atoms with Crippen molar-refractivity contribution in [2.24, 2.45) is 7.05 Å². The lowest BCUT2D eigenvalue weighted by atomic mass is 10.2. The van der Waals surface area contributed by atoms with Crippen LogP contribution in [0.2, 0.25) is 0 Å². The van der Waals surface area contributed by atoms with E-state index in [4.69, 9.17) is 4.74 Å². The molecule has 10 heteroatoms. The standard InChI is InChI=1S/C12H19N3O6S/c1-12(2,3)21-11(17)8-20-10(16)6-14-22(18,19)9-5-13-15(4)7-9/h5,7,14H,6,8H2,1-4H3. The van der Waals surface area contributed by atoms with Gasteiger partial charge in [-0.15, -0.1) is 0 Å². The van der Waals surface area contributed by atoms with Gasteiger partial charge in [-0.25, -0.2) is 13.2 Å². The summed E-state index contributed by atoms with van der Waals surface area (Å²) in [5.74, 6) is -1.60. The second-order valence-electron chi connectivity index (χ2n) is 5.42. The van der Waals surface area contributed by atoms with Crippen molar-refractivity contribution in [2.45, 2.75) is 31.3 Å². The van der Waals surface area contributed by atoms with E-state index in [0.29, 0.717) is 0 Å². The van der Waals surface area contributed by atoms with E-state index in [2.05, 4.69) is 14.6 Å². The fraction of sp³-hybridized carbons (Fsp3) is 0.583. The number of aryl methyl sites for hydroxylation is 1. The van der Waals surface area contributed by atoms with Crippen LogP contribution in [-0.2, 0) is 36.1 Å². The first-order chi connectivity index (χ1) is 9.99. The minimum atomic E-state index is -3.85. The van der Waals surface area contributed by atoms with Crippen LogP contribution in [0.4, 0.5) is 0 Å². The molecule has 1 rings (SSSR count). The maximum absolute atomic E-state index is 11.8. The Morgan fingerprint density at radius 3 is 2.45 bits per heavy atom. The molecule has 1 aromatic heterocycles. The Balaban J connectivity index is 2.42. The van der Waals surface area contributed by atoms with E-state index in [0.717, 1.165) is 6.20 Å². The Labute approximate surface area is 128 Å². The number of carbonyl (C=O) groups excluding carboxylic acids is 2. The van der Waals surface area contributed by atoms with Gasteiger partial charge in [-0.05, 0) is 20.8 Å². The summed E-state index contributed by atoms with van der Waals surface area (Å²) in [6, 6.07) is 0. The number of ether oxygens (including phenoxy) is 2. The lowest BCUT2D eigenvalue weighted by Crippen LogP contribution is -2.32. The Morgan fingerprint density at radius 1 is 1.32 bits per heavy atom. The molecule has 9 nitrogen and oxygen atoms in total. The van der Waals surface area contributed by atoms with Gasteiger partial charge < -0.3 is 9.47 Å². The molecule has 0 saturated carbocycles. The molecule has 0 aromatic carbocycles. The van der Waals surface area contributed by atoms with Crippen LogP contribution in [-0.4, -0.2) is 48.9 Å². The monoisotopic (exact) mass is 333 g/mol. The molecule has 0 atom stereocenters. The lowest BCUT2D eigenvalue weighted by molar-refractivity contribution is -0.166. The van der Waals surface area contributed by atoms with Crippen molar-refractivity contribution < 1.29 is 27.5 Å². The first kappa shape index (κ1) is 18.1. The van der Waals surface area contributed by atoms with Crippen LogP contribution < -0.4 is 4.72 Å². The molecule has 0 fully saturated rings. The minimum Gasteiger partial charge on any atom is -0.457 e. The van der Waals surface area contributed by atoms with Crippen molar-refractivity contribution >= 4 is 22.0 Å². The number of rotatable bonds is 6. The molecule has 0 aliphatic heterocycles.